The molecule has 0 fully saturated rings. The minimum absolute atomic E-state index is 0.100. The van der Waals surface area contributed by atoms with Crippen LogP contribution in [0.5, 0.6) is 11.5 Å². The van der Waals surface area contributed by atoms with Crippen molar-refractivity contribution < 1.29 is 23.8 Å². The molecular formula is C23H24O6. The van der Waals surface area contributed by atoms with Crippen molar-refractivity contribution in [2.24, 2.45) is 0 Å². The number of hydrogen-bond acceptors (Lipinski definition) is 6. The smallest absolute Gasteiger partial charge is 0.343 e. The molecule has 0 atom stereocenters. The lowest BCUT2D eigenvalue weighted by Gasteiger charge is -2.16. The molecule has 0 saturated heterocycles. The summed E-state index contributed by atoms with van der Waals surface area (Å²) < 4.78 is 16.4. The lowest BCUT2D eigenvalue weighted by molar-refractivity contribution is 0.0372. The average Bonchev–Trinajstić information content (AvgIpc) is 2.65. The van der Waals surface area contributed by atoms with Crippen LogP contribution < -0.4 is 10.4 Å². The highest BCUT2D eigenvalue weighted by atomic mass is 16.5. The second kappa shape index (κ2) is 8.39. The molecule has 0 aliphatic heterocycles. The van der Waals surface area contributed by atoms with Crippen LogP contribution >= 0.6 is 0 Å². The Kier molecular flexibility index (Phi) is 5.92. The molecule has 29 heavy (non-hydrogen) atoms. The van der Waals surface area contributed by atoms with Crippen LogP contribution in [0.3, 0.4) is 0 Å². The normalized spacial score (nSPS) is 11.2. The van der Waals surface area contributed by atoms with Crippen LogP contribution in [-0.2, 0) is 11.2 Å². The van der Waals surface area contributed by atoms with E-state index in [1.807, 2.05) is 13.8 Å². The van der Waals surface area contributed by atoms with Gasteiger partial charge in [-0.05, 0) is 57.5 Å². The van der Waals surface area contributed by atoms with E-state index in [1.165, 1.54) is 0 Å². The van der Waals surface area contributed by atoms with Crippen LogP contribution in [0.2, 0.25) is 0 Å². The third-order valence-corrected chi connectivity index (χ3v) is 4.23. The fraction of sp³-hybridized carbons (Fsp3) is 0.304. The van der Waals surface area contributed by atoms with Crippen LogP contribution in [0, 0.1) is 0 Å². The van der Waals surface area contributed by atoms with E-state index < -0.39 is 11.6 Å². The van der Waals surface area contributed by atoms with Crippen molar-refractivity contribution >= 4 is 16.9 Å². The van der Waals surface area contributed by atoms with Crippen molar-refractivity contribution in [2.75, 3.05) is 0 Å². The van der Waals surface area contributed by atoms with Gasteiger partial charge in [0, 0.05) is 6.42 Å². The Balaban J connectivity index is 2.03. The fourth-order valence-electron chi connectivity index (χ4n) is 3.01. The van der Waals surface area contributed by atoms with Crippen molar-refractivity contribution in [3.05, 3.63) is 69.6 Å². The minimum Gasteiger partial charge on any atom is -0.507 e. The minimum atomic E-state index is -0.616. The van der Waals surface area contributed by atoms with E-state index in [1.54, 1.807) is 56.3 Å². The lowest BCUT2D eigenvalue weighted by atomic mass is 10.0. The SMILES string of the molecule is CC(C)OC(=O)c1cc(Cc2c(O)c3ccccc3oc2=O)ccc1OC(C)C. The number of ether oxygens (including phenoxy) is 2. The fourth-order valence-corrected chi connectivity index (χ4v) is 3.01. The molecule has 0 saturated carbocycles. The van der Waals surface area contributed by atoms with Gasteiger partial charge in [0.2, 0.25) is 0 Å². The van der Waals surface area contributed by atoms with Crippen molar-refractivity contribution in [1.82, 2.24) is 0 Å². The molecule has 0 radical (unpaired) electrons. The van der Waals surface area contributed by atoms with Crippen LogP contribution in [0.1, 0.15) is 49.2 Å². The molecule has 0 spiro atoms. The molecule has 1 aromatic heterocycles. The zero-order valence-corrected chi connectivity index (χ0v) is 16.9. The first-order valence-corrected chi connectivity index (χ1v) is 9.50. The number of rotatable bonds is 6. The van der Waals surface area contributed by atoms with E-state index in [4.69, 9.17) is 13.9 Å². The molecular weight excluding hydrogens is 372 g/mol. The summed E-state index contributed by atoms with van der Waals surface area (Å²) in [5.74, 6) is -0.220. The lowest BCUT2D eigenvalue weighted by Crippen LogP contribution is -2.16. The van der Waals surface area contributed by atoms with Gasteiger partial charge in [0.25, 0.3) is 0 Å². The van der Waals surface area contributed by atoms with E-state index in [0.29, 0.717) is 22.3 Å². The van der Waals surface area contributed by atoms with Crippen LogP contribution in [0.15, 0.2) is 51.7 Å². The summed E-state index contributed by atoms with van der Waals surface area (Å²) in [6.45, 7) is 7.26. The quantitative estimate of drug-likeness (QED) is 0.490. The van der Waals surface area contributed by atoms with Gasteiger partial charge >= 0.3 is 11.6 Å². The summed E-state index contributed by atoms with van der Waals surface area (Å²) in [5, 5.41) is 11.0. The van der Waals surface area contributed by atoms with E-state index in [2.05, 4.69) is 0 Å². The maximum Gasteiger partial charge on any atom is 0.343 e. The van der Waals surface area contributed by atoms with Gasteiger partial charge in [-0.1, -0.05) is 18.2 Å². The van der Waals surface area contributed by atoms with Gasteiger partial charge in [0.05, 0.1) is 23.2 Å². The van der Waals surface area contributed by atoms with E-state index in [9.17, 15) is 14.7 Å². The first-order chi connectivity index (χ1) is 13.8. The van der Waals surface area contributed by atoms with Gasteiger partial charge in [0.1, 0.15) is 22.6 Å². The van der Waals surface area contributed by atoms with Crippen molar-refractivity contribution in [3.63, 3.8) is 0 Å². The molecule has 1 heterocycles. The number of para-hydroxylation sites is 1. The molecule has 0 amide bonds. The van der Waals surface area contributed by atoms with Gasteiger partial charge in [-0.25, -0.2) is 9.59 Å². The summed E-state index contributed by atoms with van der Waals surface area (Å²) in [7, 11) is 0. The van der Waals surface area contributed by atoms with Gasteiger partial charge in [-0.15, -0.1) is 0 Å². The Morgan fingerprint density at radius 2 is 1.79 bits per heavy atom. The Morgan fingerprint density at radius 1 is 1.07 bits per heavy atom. The van der Waals surface area contributed by atoms with Gasteiger partial charge in [-0.2, -0.15) is 0 Å². The highest BCUT2D eigenvalue weighted by molar-refractivity contribution is 5.93. The largest absolute Gasteiger partial charge is 0.507 e. The third kappa shape index (κ3) is 4.59. The van der Waals surface area contributed by atoms with Crippen LogP contribution in [0.25, 0.3) is 11.0 Å². The summed E-state index contributed by atoms with van der Waals surface area (Å²) in [4.78, 5) is 24.9. The number of aromatic hydroxyl groups is 1. The summed E-state index contributed by atoms with van der Waals surface area (Å²) in [6, 6.07) is 11.8. The van der Waals surface area contributed by atoms with Crippen LogP contribution in [-0.4, -0.2) is 23.3 Å². The van der Waals surface area contributed by atoms with Gasteiger partial charge in [-0.3, -0.25) is 0 Å². The predicted molar refractivity (Wildman–Crippen MR) is 110 cm³/mol. The van der Waals surface area contributed by atoms with Gasteiger partial charge < -0.3 is 19.0 Å². The highest BCUT2D eigenvalue weighted by Crippen LogP contribution is 2.29. The monoisotopic (exact) mass is 396 g/mol. The zero-order valence-electron chi connectivity index (χ0n) is 16.9. The number of fused-ring (bicyclic) bond motifs is 1. The maximum absolute atomic E-state index is 12.5. The number of carbonyl (C=O) groups is 1. The summed E-state index contributed by atoms with van der Waals surface area (Å²) in [5.41, 5.74) is 0.754. The number of hydrogen-bond donors (Lipinski definition) is 1. The standard InChI is InChI=1S/C23H24O6/c1-13(2)27-20-10-9-15(11-17(20)22(25)28-14(3)4)12-18-21(24)16-7-5-6-8-19(16)29-23(18)26/h5-11,13-14,24H,12H2,1-4H3. The number of esters is 1. The molecule has 0 unspecified atom stereocenters. The molecule has 0 aliphatic carbocycles. The highest BCUT2D eigenvalue weighted by Gasteiger charge is 2.19. The molecule has 0 bridgehead atoms. The average molecular weight is 396 g/mol. The Morgan fingerprint density at radius 3 is 2.48 bits per heavy atom. The van der Waals surface area contributed by atoms with E-state index in [0.717, 1.165) is 0 Å². The van der Waals surface area contributed by atoms with Crippen molar-refractivity contribution in [3.8, 4) is 11.5 Å². The Hall–Kier alpha value is -3.28. The number of carbonyl (C=O) groups excluding carboxylic acids is 1. The second-order valence-corrected chi connectivity index (χ2v) is 7.34. The van der Waals surface area contributed by atoms with Crippen molar-refractivity contribution in [1.29, 1.82) is 0 Å². The predicted octanol–water partition coefficient (Wildman–Crippen LogP) is 4.44. The zero-order chi connectivity index (χ0) is 21.1. The first kappa shape index (κ1) is 20.5. The molecule has 1 N–H and O–H groups in total. The third-order valence-electron chi connectivity index (χ3n) is 4.23. The molecule has 3 aromatic rings. The molecule has 6 heteroatoms. The maximum atomic E-state index is 12.5. The Labute approximate surface area is 168 Å². The molecule has 152 valence electrons. The van der Waals surface area contributed by atoms with Crippen molar-refractivity contribution in [2.45, 2.75) is 46.3 Å². The first-order valence-electron chi connectivity index (χ1n) is 9.50. The summed E-state index contributed by atoms with van der Waals surface area (Å²) >= 11 is 0. The Bertz CT molecular complexity index is 1090. The summed E-state index contributed by atoms with van der Waals surface area (Å²) in [6.07, 6.45) is -0.305. The molecule has 3 rings (SSSR count). The molecule has 0 aliphatic rings. The van der Waals surface area contributed by atoms with E-state index in [-0.39, 0.29) is 35.5 Å². The molecule has 6 nitrogen and oxygen atoms in total. The second-order valence-electron chi connectivity index (χ2n) is 7.34. The van der Waals surface area contributed by atoms with Crippen LogP contribution in [0.4, 0.5) is 0 Å². The van der Waals surface area contributed by atoms with E-state index >= 15 is 0 Å². The van der Waals surface area contributed by atoms with Gasteiger partial charge in [0.15, 0.2) is 0 Å². The number of benzene rings is 2. The molecule has 2 aromatic carbocycles. The topological polar surface area (TPSA) is 86.0 Å².